The van der Waals surface area contributed by atoms with Crippen molar-refractivity contribution in [3.05, 3.63) is 62.8 Å². The molecule has 0 bridgehead atoms. The van der Waals surface area contributed by atoms with Gasteiger partial charge in [-0.3, -0.25) is 10.1 Å². The maximum atomic E-state index is 10.6. The number of nitro groups is 1. The Hall–Kier alpha value is -2.18. The number of anilines is 1. The first-order valence-electron chi connectivity index (χ1n) is 5.92. The molecule has 0 saturated carbocycles. The van der Waals surface area contributed by atoms with Gasteiger partial charge in [0.1, 0.15) is 12.0 Å². The lowest BCUT2D eigenvalue weighted by Gasteiger charge is -2.10. The van der Waals surface area contributed by atoms with E-state index in [1.165, 1.54) is 12.3 Å². The summed E-state index contributed by atoms with van der Waals surface area (Å²) in [7, 11) is 0. The van der Waals surface area contributed by atoms with Crippen LogP contribution in [-0.4, -0.2) is 9.91 Å². The van der Waals surface area contributed by atoms with Gasteiger partial charge >= 0.3 is 0 Å². The van der Waals surface area contributed by atoms with Crippen LogP contribution in [0.15, 0.2) is 36.5 Å². The molecule has 1 heterocycles. The molecule has 0 aliphatic rings. The average molecular weight is 293 g/mol. The van der Waals surface area contributed by atoms with E-state index in [-0.39, 0.29) is 10.7 Å². The minimum Gasteiger partial charge on any atom is -0.365 e. The molecular weight excluding hydrogens is 280 g/mol. The fourth-order valence-electron chi connectivity index (χ4n) is 1.77. The lowest BCUT2D eigenvalue weighted by molar-refractivity contribution is -0.385. The lowest BCUT2D eigenvalue weighted by Crippen LogP contribution is -2.07. The summed E-state index contributed by atoms with van der Waals surface area (Å²) in [5.41, 5.74) is 7.58. The number of nitrogens with one attached hydrogen (secondary N) is 1. The van der Waals surface area contributed by atoms with Gasteiger partial charge in [0.2, 0.25) is 0 Å². The van der Waals surface area contributed by atoms with Crippen molar-refractivity contribution in [3.8, 4) is 0 Å². The van der Waals surface area contributed by atoms with Gasteiger partial charge in [-0.25, -0.2) is 4.98 Å². The summed E-state index contributed by atoms with van der Waals surface area (Å²) in [6.07, 6.45) is 1.17. The van der Waals surface area contributed by atoms with Crippen molar-refractivity contribution in [2.45, 2.75) is 13.1 Å². The molecule has 1 aromatic heterocycles. The molecule has 0 amide bonds. The SMILES string of the molecule is NCc1ccccc1CNc1ncc([N+](=O)[O-])cc1Cl. The zero-order valence-electron chi connectivity index (χ0n) is 10.5. The van der Waals surface area contributed by atoms with Gasteiger partial charge in [0.15, 0.2) is 0 Å². The number of halogens is 1. The highest BCUT2D eigenvalue weighted by Crippen LogP contribution is 2.24. The van der Waals surface area contributed by atoms with E-state index in [0.717, 1.165) is 11.1 Å². The number of aromatic nitrogens is 1. The molecule has 0 aliphatic carbocycles. The molecule has 0 unspecified atom stereocenters. The molecule has 0 spiro atoms. The first-order chi connectivity index (χ1) is 9.61. The average Bonchev–Trinajstić information content (AvgIpc) is 2.46. The van der Waals surface area contributed by atoms with Crippen molar-refractivity contribution in [1.82, 2.24) is 4.98 Å². The fourth-order valence-corrected chi connectivity index (χ4v) is 1.99. The highest BCUT2D eigenvalue weighted by molar-refractivity contribution is 6.33. The van der Waals surface area contributed by atoms with Crippen molar-refractivity contribution in [3.63, 3.8) is 0 Å². The first kappa shape index (κ1) is 14.2. The third kappa shape index (κ3) is 3.23. The smallest absolute Gasteiger partial charge is 0.289 e. The molecule has 7 heteroatoms. The molecule has 0 aliphatic heterocycles. The van der Waals surface area contributed by atoms with Crippen LogP contribution in [0.25, 0.3) is 0 Å². The Morgan fingerprint density at radius 2 is 2.05 bits per heavy atom. The monoisotopic (exact) mass is 292 g/mol. The van der Waals surface area contributed by atoms with Crippen molar-refractivity contribution in [2.75, 3.05) is 5.32 Å². The van der Waals surface area contributed by atoms with E-state index in [9.17, 15) is 10.1 Å². The molecular formula is C13H13ClN4O2. The second-order valence-electron chi connectivity index (χ2n) is 4.11. The third-order valence-corrected chi connectivity index (χ3v) is 3.11. The van der Waals surface area contributed by atoms with E-state index < -0.39 is 4.92 Å². The van der Waals surface area contributed by atoms with Gasteiger partial charge in [0, 0.05) is 19.2 Å². The lowest BCUT2D eigenvalue weighted by atomic mass is 10.1. The zero-order valence-corrected chi connectivity index (χ0v) is 11.3. The molecule has 0 radical (unpaired) electrons. The second kappa shape index (κ2) is 6.31. The zero-order chi connectivity index (χ0) is 14.5. The van der Waals surface area contributed by atoms with Crippen LogP contribution in [0.1, 0.15) is 11.1 Å². The normalized spacial score (nSPS) is 10.3. The summed E-state index contributed by atoms with van der Waals surface area (Å²) in [6, 6.07) is 9.01. The maximum Gasteiger partial charge on any atom is 0.289 e. The minimum absolute atomic E-state index is 0.136. The number of benzene rings is 1. The number of hydrogen-bond acceptors (Lipinski definition) is 5. The summed E-state index contributed by atoms with van der Waals surface area (Å²) in [5, 5.41) is 13.9. The van der Waals surface area contributed by atoms with E-state index in [2.05, 4.69) is 10.3 Å². The molecule has 6 nitrogen and oxygen atoms in total. The van der Waals surface area contributed by atoms with Gasteiger partial charge in [-0.05, 0) is 11.1 Å². The van der Waals surface area contributed by atoms with E-state index in [1.807, 2.05) is 24.3 Å². The van der Waals surface area contributed by atoms with Crippen molar-refractivity contribution in [2.24, 2.45) is 5.73 Å². The van der Waals surface area contributed by atoms with E-state index in [4.69, 9.17) is 17.3 Å². The predicted molar refractivity (Wildman–Crippen MR) is 77.6 cm³/mol. The third-order valence-electron chi connectivity index (χ3n) is 2.82. The van der Waals surface area contributed by atoms with E-state index in [1.54, 1.807) is 0 Å². The maximum absolute atomic E-state index is 10.6. The highest BCUT2D eigenvalue weighted by Gasteiger charge is 2.11. The Morgan fingerprint density at radius 1 is 1.35 bits per heavy atom. The molecule has 3 N–H and O–H groups in total. The standard InChI is InChI=1S/C13H13ClN4O2/c14-12-5-11(18(19)20)8-17-13(12)16-7-10-4-2-1-3-9(10)6-15/h1-5,8H,6-7,15H2,(H,16,17). The minimum atomic E-state index is -0.535. The Bertz CT molecular complexity index is 634. The van der Waals surface area contributed by atoms with E-state index >= 15 is 0 Å². The summed E-state index contributed by atoms with van der Waals surface area (Å²) in [4.78, 5) is 14.0. The number of hydrogen-bond donors (Lipinski definition) is 2. The summed E-state index contributed by atoms with van der Waals surface area (Å²) < 4.78 is 0. The Balaban J connectivity index is 2.13. The number of nitrogens with two attached hydrogens (primary N) is 1. The summed E-state index contributed by atoms with van der Waals surface area (Å²) >= 11 is 5.96. The Morgan fingerprint density at radius 3 is 2.65 bits per heavy atom. The fraction of sp³-hybridized carbons (Fsp3) is 0.154. The quantitative estimate of drug-likeness (QED) is 0.653. The van der Waals surface area contributed by atoms with Crippen LogP contribution < -0.4 is 11.1 Å². The van der Waals surface area contributed by atoms with Crippen LogP contribution in [0.2, 0.25) is 5.02 Å². The number of rotatable bonds is 5. The van der Waals surface area contributed by atoms with Crippen molar-refractivity contribution in [1.29, 1.82) is 0 Å². The van der Waals surface area contributed by atoms with Gasteiger partial charge in [-0.1, -0.05) is 35.9 Å². The number of nitrogens with zero attached hydrogens (tertiary/aromatic N) is 2. The highest BCUT2D eigenvalue weighted by atomic mass is 35.5. The molecule has 0 fully saturated rings. The van der Waals surface area contributed by atoms with Gasteiger partial charge in [-0.15, -0.1) is 0 Å². The van der Waals surface area contributed by atoms with Crippen LogP contribution in [0.4, 0.5) is 11.5 Å². The van der Waals surface area contributed by atoms with Gasteiger partial charge in [0.05, 0.1) is 9.95 Å². The number of pyridine rings is 1. The molecule has 0 saturated heterocycles. The van der Waals surface area contributed by atoms with Gasteiger partial charge in [0.25, 0.3) is 5.69 Å². The van der Waals surface area contributed by atoms with E-state index in [0.29, 0.717) is 18.9 Å². The van der Waals surface area contributed by atoms with Crippen LogP contribution in [-0.2, 0) is 13.1 Å². The molecule has 1 aromatic carbocycles. The van der Waals surface area contributed by atoms with Crippen LogP contribution >= 0.6 is 11.6 Å². The Kier molecular flexibility index (Phi) is 4.49. The van der Waals surface area contributed by atoms with Gasteiger partial charge < -0.3 is 11.1 Å². The molecule has 104 valence electrons. The van der Waals surface area contributed by atoms with Crippen molar-refractivity contribution < 1.29 is 4.92 Å². The van der Waals surface area contributed by atoms with Crippen LogP contribution in [0, 0.1) is 10.1 Å². The first-order valence-corrected chi connectivity index (χ1v) is 6.30. The molecule has 0 atom stereocenters. The molecule has 2 rings (SSSR count). The van der Waals surface area contributed by atoms with Crippen molar-refractivity contribution >= 4 is 23.1 Å². The van der Waals surface area contributed by atoms with Crippen LogP contribution in [0.3, 0.4) is 0 Å². The van der Waals surface area contributed by atoms with Crippen LogP contribution in [0.5, 0.6) is 0 Å². The topological polar surface area (TPSA) is 94.1 Å². The molecule has 2 aromatic rings. The summed E-state index contributed by atoms with van der Waals surface area (Å²) in [6.45, 7) is 0.942. The summed E-state index contributed by atoms with van der Waals surface area (Å²) in [5.74, 6) is 0.407. The predicted octanol–water partition coefficient (Wildman–Crippen LogP) is 2.71. The second-order valence-corrected chi connectivity index (χ2v) is 4.51. The molecule has 20 heavy (non-hydrogen) atoms. The Labute approximate surface area is 120 Å². The largest absolute Gasteiger partial charge is 0.365 e. The van der Waals surface area contributed by atoms with Gasteiger partial charge in [-0.2, -0.15) is 0 Å².